The monoisotopic (exact) mass is 282 g/mol. The predicted molar refractivity (Wildman–Crippen MR) is 80.5 cm³/mol. The van der Waals surface area contributed by atoms with Gasteiger partial charge in [0, 0.05) is 25.0 Å². The third kappa shape index (κ3) is 3.53. The van der Waals surface area contributed by atoms with Crippen molar-refractivity contribution in [1.29, 1.82) is 0 Å². The van der Waals surface area contributed by atoms with Crippen molar-refractivity contribution in [3.05, 3.63) is 0 Å². The fourth-order valence-corrected chi connectivity index (χ4v) is 3.69. The molecule has 0 aromatic carbocycles. The smallest absolute Gasteiger partial charge is 0.236 e. The minimum absolute atomic E-state index is 0.154. The number of aliphatic hydroxyl groups is 1. The Morgan fingerprint density at radius 3 is 2.60 bits per heavy atom. The van der Waals surface area contributed by atoms with Crippen molar-refractivity contribution in [3.63, 3.8) is 0 Å². The molecule has 3 unspecified atom stereocenters. The molecule has 1 saturated carbocycles. The second-order valence-corrected chi connectivity index (χ2v) is 6.79. The summed E-state index contributed by atoms with van der Waals surface area (Å²) in [5.74, 6) is 0.590. The lowest BCUT2D eigenvalue weighted by molar-refractivity contribution is -0.134. The van der Waals surface area contributed by atoms with Crippen molar-refractivity contribution >= 4 is 5.91 Å². The summed E-state index contributed by atoms with van der Waals surface area (Å²) in [5, 5.41) is 10.2. The van der Waals surface area contributed by atoms with Crippen molar-refractivity contribution in [3.8, 4) is 0 Å². The number of carbonyl (C=O) groups is 1. The average Bonchev–Trinajstić information content (AvgIpc) is 2.84. The van der Waals surface area contributed by atoms with Crippen LogP contribution in [0.4, 0.5) is 0 Å². The molecule has 2 aliphatic rings. The summed E-state index contributed by atoms with van der Waals surface area (Å²) in [7, 11) is 1.89. The van der Waals surface area contributed by atoms with Crippen LogP contribution in [0.5, 0.6) is 0 Å². The third-order valence-electron chi connectivity index (χ3n) is 5.20. The van der Waals surface area contributed by atoms with Crippen molar-refractivity contribution < 1.29 is 9.90 Å². The van der Waals surface area contributed by atoms with E-state index in [0.717, 1.165) is 32.2 Å². The summed E-state index contributed by atoms with van der Waals surface area (Å²) >= 11 is 0. The largest absolute Gasteiger partial charge is 0.393 e. The van der Waals surface area contributed by atoms with Crippen LogP contribution in [0.15, 0.2) is 0 Å². The Labute approximate surface area is 123 Å². The summed E-state index contributed by atoms with van der Waals surface area (Å²) in [6.45, 7) is 5.62. The molecule has 3 atom stereocenters. The van der Waals surface area contributed by atoms with Gasteiger partial charge in [-0.25, -0.2) is 0 Å². The van der Waals surface area contributed by atoms with Gasteiger partial charge in [-0.3, -0.25) is 9.69 Å². The zero-order valence-corrected chi connectivity index (χ0v) is 13.2. The van der Waals surface area contributed by atoms with E-state index in [1.165, 1.54) is 12.8 Å². The van der Waals surface area contributed by atoms with E-state index in [1.807, 2.05) is 25.8 Å². The first-order valence-corrected chi connectivity index (χ1v) is 8.18. The molecular formula is C16H30N2O2. The van der Waals surface area contributed by atoms with Crippen LogP contribution in [-0.4, -0.2) is 59.1 Å². The first kappa shape index (κ1) is 15.8. The number of carbonyl (C=O) groups excluding carboxylic acids is 1. The predicted octanol–water partition coefficient (Wildman–Crippen LogP) is 1.87. The molecule has 1 N–H and O–H groups in total. The highest BCUT2D eigenvalue weighted by Gasteiger charge is 2.37. The third-order valence-corrected chi connectivity index (χ3v) is 5.20. The molecule has 1 aliphatic heterocycles. The molecule has 0 radical (unpaired) electrons. The molecule has 0 aromatic heterocycles. The summed E-state index contributed by atoms with van der Waals surface area (Å²) in [6.07, 6.45) is 6.59. The topological polar surface area (TPSA) is 43.8 Å². The number of amides is 1. The van der Waals surface area contributed by atoms with E-state index in [9.17, 15) is 9.90 Å². The van der Waals surface area contributed by atoms with Crippen molar-refractivity contribution in [2.45, 2.75) is 70.6 Å². The van der Waals surface area contributed by atoms with Crippen LogP contribution in [0.2, 0.25) is 0 Å². The minimum atomic E-state index is -0.154. The van der Waals surface area contributed by atoms with Gasteiger partial charge in [0.2, 0.25) is 5.91 Å². The van der Waals surface area contributed by atoms with E-state index >= 15 is 0 Å². The van der Waals surface area contributed by atoms with E-state index in [-0.39, 0.29) is 18.1 Å². The van der Waals surface area contributed by atoms with Crippen LogP contribution in [0.25, 0.3) is 0 Å². The lowest BCUT2D eigenvalue weighted by Crippen LogP contribution is -2.51. The van der Waals surface area contributed by atoms with Crippen LogP contribution in [0.1, 0.15) is 52.4 Å². The lowest BCUT2D eigenvalue weighted by Gasteiger charge is -2.40. The van der Waals surface area contributed by atoms with Crippen LogP contribution in [-0.2, 0) is 4.79 Å². The Morgan fingerprint density at radius 1 is 1.25 bits per heavy atom. The van der Waals surface area contributed by atoms with Crippen molar-refractivity contribution in [2.24, 2.45) is 5.92 Å². The van der Waals surface area contributed by atoms with E-state index in [2.05, 4.69) is 4.90 Å². The maximum absolute atomic E-state index is 12.3. The van der Waals surface area contributed by atoms with E-state index in [4.69, 9.17) is 0 Å². The summed E-state index contributed by atoms with van der Waals surface area (Å²) in [6, 6.07) is 0.661. The lowest BCUT2D eigenvalue weighted by atomic mass is 9.87. The molecule has 20 heavy (non-hydrogen) atoms. The molecular weight excluding hydrogens is 252 g/mol. The zero-order valence-electron chi connectivity index (χ0n) is 13.2. The molecule has 1 aliphatic carbocycles. The number of rotatable bonds is 4. The van der Waals surface area contributed by atoms with Gasteiger partial charge in [-0.05, 0) is 46.1 Å². The highest BCUT2D eigenvalue weighted by Crippen LogP contribution is 2.35. The number of hydrogen-bond donors (Lipinski definition) is 1. The van der Waals surface area contributed by atoms with Gasteiger partial charge in [-0.15, -0.1) is 0 Å². The van der Waals surface area contributed by atoms with Crippen LogP contribution in [0.3, 0.4) is 0 Å². The molecule has 4 nitrogen and oxygen atoms in total. The Morgan fingerprint density at radius 2 is 2.00 bits per heavy atom. The van der Waals surface area contributed by atoms with E-state index in [0.29, 0.717) is 18.5 Å². The van der Waals surface area contributed by atoms with Gasteiger partial charge in [-0.2, -0.15) is 0 Å². The van der Waals surface area contributed by atoms with Crippen molar-refractivity contribution in [2.75, 3.05) is 20.1 Å². The number of nitrogens with zero attached hydrogens (tertiary/aromatic N) is 2. The molecule has 2 rings (SSSR count). The molecule has 1 heterocycles. The maximum atomic E-state index is 12.3. The van der Waals surface area contributed by atoms with Gasteiger partial charge in [0.1, 0.15) is 0 Å². The molecule has 1 amide bonds. The summed E-state index contributed by atoms with van der Waals surface area (Å²) in [5.41, 5.74) is 0. The molecule has 1 saturated heterocycles. The molecule has 0 bridgehead atoms. The summed E-state index contributed by atoms with van der Waals surface area (Å²) < 4.78 is 0. The van der Waals surface area contributed by atoms with Crippen LogP contribution < -0.4 is 0 Å². The van der Waals surface area contributed by atoms with Gasteiger partial charge < -0.3 is 10.0 Å². The Hall–Kier alpha value is -0.610. The fraction of sp³-hybridized carbons (Fsp3) is 0.938. The van der Waals surface area contributed by atoms with Crippen molar-refractivity contribution in [1.82, 2.24) is 9.80 Å². The first-order chi connectivity index (χ1) is 9.50. The average molecular weight is 282 g/mol. The van der Waals surface area contributed by atoms with E-state index in [1.54, 1.807) is 0 Å². The number of piperidine rings is 1. The summed E-state index contributed by atoms with van der Waals surface area (Å²) in [4.78, 5) is 16.5. The molecule has 0 spiro atoms. The maximum Gasteiger partial charge on any atom is 0.236 e. The van der Waals surface area contributed by atoms with Gasteiger partial charge in [-0.1, -0.05) is 12.8 Å². The number of likely N-dealkylation sites (N-methyl/N-ethyl adjacent to an activating group) is 1. The van der Waals surface area contributed by atoms with Crippen LogP contribution in [0, 0.1) is 5.92 Å². The molecule has 4 heteroatoms. The second-order valence-electron chi connectivity index (χ2n) is 6.79. The quantitative estimate of drug-likeness (QED) is 0.856. The zero-order chi connectivity index (χ0) is 14.7. The minimum Gasteiger partial charge on any atom is -0.393 e. The Kier molecular flexibility index (Phi) is 5.44. The second kappa shape index (κ2) is 6.90. The molecule has 0 aromatic rings. The molecule has 116 valence electrons. The van der Waals surface area contributed by atoms with Gasteiger partial charge >= 0.3 is 0 Å². The molecule has 2 fully saturated rings. The Bertz CT molecular complexity index is 332. The highest BCUT2D eigenvalue weighted by molar-refractivity contribution is 5.78. The standard InChI is InChI=1S/C16H30N2O2/c1-12(2)17(3)16(20)11-18-10-5-4-8-14(18)13-7-6-9-15(13)19/h12-15,19H,4-11H2,1-3H3. The normalized spacial score (nSPS) is 31.8. The van der Waals surface area contributed by atoms with E-state index < -0.39 is 0 Å². The first-order valence-electron chi connectivity index (χ1n) is 8.18. The highest BCUT2D eigenvalue weighted by atomic mass is 16.3. The van der Waals surface area contributed by atoms with Crippen LogP contribution >= 0.6 is 0 Å². The Balaban J connectivity index is 1.98. The number of likely N-dealkylation sites (tertiary alicyclic amines) is 1. The number of aliphatic hydroxyl groups excluding tert-OH is 1. The van der Waals surface area contributed by atoms with Gasteiger partial charge in [0.15, 0.2) is 0 Å². The number of hydrogen-bond acceptors (Lipinski definition) is 3. The fourth-order valence-electron chi connectivity index (χ4n) is 3.69. The van der Waals surface area contributed by atoms with Gasteiger partial charge in [0.25, 0.3) is 0 Å². The SMILES string of the molecule is CC(C)N(C)C(=O)CN1CCCCC1C1CCCC1O. The van der Waals surface area contributed by atoms with Gasteiger partial charge in [0.05, 0.1) is 12.6 Å².